The first-order valence-corrected chi connectivity index (χ1v) is 16.8. The molecule has 12 heteroatoms. The average Bonchev–Trinajstić information content (AvgIpc) is 3.79. The molecule has 5 rings (SSSR count). The maximum atomic E-state index is 13.6. The van der Waals surface area contributed by atoms with Crippen molar-refractivity contribution in [3.63, 3.8) is 0 Å². The van der Waals surface area contributed by atoms with Crippen molar-refractivity contribution in [3.8, 4) is 33.6 Å². The van der Waals surface area contributed by atoms with Crippen molar-refractivity contribution in [2.24, 2.45) is 0 Å². The van der Waals surface area contributed by atoms with Gasteiger partial charge >= 0.3 is 0 Å². The van der Waals surface area contributed by atoms with Crippen LogP contribution in [0.1, 0.15) is 82.8 Å². The smallest absolute Gasteiger partial charge is 0.251 e. The number of hydrogen-bond donors (Lipinski definition) is 2. The van der Waals surface area contributed by atoms with Gasteiger partial charge in [0, 0.05) is 77.0 Å². The first-order chi connectivity index (χ1) is 23.2. The van der Waals surface area contributed by atoms with E-state index in [9.17, 15) is 27.2 Å². The molecule has 49 heavy (non-hydrogen) atoms. The lowest BCUT2D eigenvalue weighted by molar-refractivity contribution is -0.137. The normalized spacial score (nSPS) is 16.0. The summed E-state index contributed by atoms with van der Waals surface area (Å²) in [5.41, 5.74) is 5.57. The number of hydrogen-bond acceptors (Lipinski definition) is 4. The summed E-state index contributed by atoms with van der Waals surface area (Å²) in [6.45, 7) is 5.40. The molecule has 262 valence electrons. The first kappa shape index (κ1) is 35.8. The third-order valence-corrected chi connectivity index (χ3v) is 9.41. The predicted octanol–water partition coefficient (Wildman–Crippen LogP) is 8.27. The van der Waals surface area contributed by atoms with Gasteiger partial charge in [0.1, 0.15) is 11.6 Å². The van der Waals surface area contributed by atoms with E-state index in [-0.39, 0.29) is 81.8 Å². The number of benzene rings is 2. The number of rotatable bonds is 13. The number of amides is 2. The number of likely N-dealkylation sites (tertiary alicyclic amines) is 1. The Hall–Kier alpha value is -4.48. The number of aromatic amines is 2. The molecule has 2 unspecified atom stereocenters. The van der Waals surface area contributed by atoms with Crippen molar-refractivity contribution >= 4 is 11.8 Å². The fourth-order valence-electron chi connectivity index (χ4n) is 5.87. The molecule has 0 spiro atoms. The highest BCUT2D eigenvalue weighted by molar-refractivity contribution is 5.77. The summed E-state index contributed by atoms with van der Waals surface area (Å²) in [4.78, 5) is 43.8. The molecule has 3 heterocycles. The fourth-order valence-corrected chi connectivity index (χ4v) is 5.87. The Morgan fingerprint density at radius 3 is 1.76 bits per heavy atom. The van der Waals surface area contributed by atoms with Crippen molar-refractivity contribution in [2.45, 2.75) is 83.0 Å². The third-order valence-electron chi connectivity index (χ3n) is 9.41. The SMILES string of the molecule is CCC(F)(F)CCN(C)C(=O)CC(C)c1ncc(-c2ccc(-c3ccc(-c4cnc(C(C)CC(=O)N5CCC(F)(F)CC5)[nH]4)cc3)cc2)[nH]1. The van der Waals surface area contributed by atoms with Crippen molar-refractivity contribution in [3.05, 3.63) is 72.6 Å². The molecule has 0 bridgehead atoms. The van der Waals surface area contributed by atoms with E-state index in [4.69, 9.17) is 0 Å². The van der Waals surface area contributed by atoms with Crippen molar-refractivity contribution in [2.75, 3.05) is 26.7 Å². The largest absolute Gasteiger partial charge is 0.346 e. The van der Waals surface area contributed by atoms with Crippen LogP contribution in [0.15, 0.2) is 60.9 Å². The summed E-state index contributed by atoms with van der Waals surface area (Å²) in [6.07, 6.45) is 2.67. The van der Waals surface area contributed by atoms with Gasteiger partial charge in [0.05, 0.1) is 23.8 Å². The van der Waals surface area contributed by atoms with Crippen molar-refractivity contribution in [1.29, 1.82) is 0 Å². The van der Waals surface area contributed by atoms with Gasteiger partial charge in [-0.05, 0) is 22.3 Å². The second-order valence-corrected chi connectivity index (χ2v) is 13.2. The van der Waals surface area contributed by atoms with Gasteiger partial charge in [-0.15, -0.1) is 0 Å². The van der Waals surface area contributed by atoms with Gasteiger partial charge in [0.25, 0.3) is 5.92 Å². The molecule has 0 radical (unpaired) electrons. The summed E-state index contributed by atoms with van der Waals surface area (Å²) >= 11 is 0. The number of piperidine rings is 1. The lowest BCUT2D eigenvalue weighted by Gasteiger charge is -2.32. The lowest BCUT2D eigenvalue weighted by atomic mass is 10.0. The zero-order valence-electron chi connectivity index (χ0n) is 28.4. The van der Waals surface area contributed by atoms with Gasteiger partial charge in [0.2, 0.25) is 17.7 Å². The molecule has 8 nitrogen and oxygen atoms in total. The van der Waals surface area contributed by atoms with Gasteiger partial charge in [-0.1, -0.05) is 69.3 Å². The number of imidazole rings is 2. The van der Waals surface area contributed by atoms with E-state index >= 15 is 0 Å². The van der Waals surface area contributed by atoms with E-state index in [1.54, 1.807) is 19.4 Å². The van der Waals surface area contributed by atoms with Gasteiger partial charge in [0.15, 0.2) is 0 Å². The second-order valence-electron chi connectivity index (χ2n) is 13.2. The van der Waals surface area contributed by atoms with Gasteiger partial charge < -0.3 is 19.8 Å². The van der Waals surface area contributed by atoms with Crippen LogP contribution in [0.25, 0.3) is 33.6 Å². The number of carbonyl (C=O) groups is 2. The molecule has 1 aliphatic rings. The molecule has 2 amide bonds. The Morgan fingerprint density at radius 2 is 1.29 bits per heavy atom. The number of H-pyrrole nitrogens is 2. The molecule has 2 aromatic carbocycles. The third kappa shape index (κ3) is 9.16. The van der Waals surface area contributed by atoms with Crippen LogP contribution in [0.2, 0.25) is 0 Å². The number of alkyl halides is 4. The minimum atomic E-state index is -2.77. The molecule has 1 saturated heterocycles. The summed E-state index contributed by atoms with van der Waals surface area (Å²) in [5, 5.41) is 0. The Kier molecular flexibility index (Phi) is 10.9. The summed E-state index contributed by atoms with van der Waals surface area (Å²) < 4.78 is 54.1. The van der Waals surface area contributed by atoms with E-state index in [0.29, 0.717) is 11.6 Å². The van der Waals surface area contributed by atoms with E-state index in [1.165, 1.54) is 16.7 Å². The minimum Gasteiger partial charge on any atom is -0.346 e. The summed E-state index contributed by atoms with van der Waals surface area (Å²) in [7, 11) is 1.55. The Bertz CT molecular complexity index is 1710. The molecule has 2 N–H and O–H groups in total. The zero-order chi connectivity index (χ0) is 35.3. The maximum absolute atomic E-state index is 13.6. The average molecular weight is 681 g/mol. The zero-order valence-corrected chi connectivity index (χ0v) is 28.4. The molecular formula is C37H44F4N6O2. The van der Waals surface area contributed by atoms with Crippen LogP contribution < -0.4 is 0 Å². The molecule has 4 aromatic rings. The number of aromatic nitrogens is 4. The van der Waals surface area contributed by atoms with Crippen LogP contribution in [0.3, 0.4) is 0 Å². The lowest BCUT2D eigenvalue weighted by Crippen LogP contribution is -2.43. The van der Waals surface area contributed by atoms with E-state index < -0.39 is 11.8 Å². The molecule has 1 fully saturated rings. The van der Waals surface area contributed by atoms with Gasteiger partial charge in [-0.3, -0.25) is 9.59 Å². The van der Waals surface area contributed by atoms with E-state index in [2.05, 4.69) is 19.9 Å². The highest BCUT2D eigenvalue weighted by Gasteiger charge is 2.36. The molecular weight excluding hydrogens is 636 g/mol. The molecule has 2 atom stereocenters. The summed E-state index contributed by atoms with van der Waals surface area (Å²) in [5.74, 6) is -4.84. The van der Waals surface area contributed by atoms with E-state index in [1.807, 2.05) is 62.4 Å². The van der Waals surface area contributed by atoms with Gasteiger partial charge in [-0.25, -0.2) is 27.5 Å². The van der Waals surface area contributed by atoms with E-state index in [0.717, 1.165) is 33.6 Å². The van der Waals surface area contributed by atoms with Crippen LogP contribution >= 0.6 is 0 Å². The van der Waals surface area contributed by atoms with Crippen LogP contribution in [0.5, 0.6) is 0 Å². The predicted molar refractivity (Wildman–Crippen MR) is 181 cm³/mol. The quantitative estimate of drug-likeness (QED) is 0.139. The van der Waals surface area contributed by atoms with Crippen molar-refractivity contribution < 1.29 is 27.2 Å². The molecule has 0 saturated carbocycles. The molecule has 0 aliphatic carbocycles. The molecule has 2 aromatic heterocycles. The van der Waals surface area contributed by atoms with Crippen molar-refractivity contribution in [1.82, 2.24) is 29.7 Å². The monoisotopic (exact) mass is 680 g/mol. The first-order valence-electron chi connectivity index (χ1n) is 16.8. The Labute approximate surface area is 284 Å². The highest BCUT2D eigenvalue weighted by atomic mass is 19.3. The Morgan fingerprint density at radius 1 is 0.837 bits per heavy atom. The standard InChI is InChI=1S/C37H44F4N6O2/c1-5-36(38,39)14-17-46(4)32(48)20-24(2)34-42-22-30(44-34)28-10-6-26(7-11-28)27-8-12-29(13-9-27)31-23-43-35(45-31)25(3)21-33(49)47-18-15-37(40,41)16-19-47/h6-13,22-25H,5,14-21H2,1-4H3,(H,42,44)(H,43,45). The van der Waals surface area contributed by atoms with Crippen LogP contribution in [-0.2, 0) is 9.59 Å². The number of nitrogens with zero attached hydrogens (tertiary/aromatic N) is 4. The maximum Gasteiger partial charge on any atom is 0.251 e. The summed E-state index contributed by atoms with van der Waals surface area (Å²) in [6, 6.07) is 16.1. The second kappa shape index (κ2) is 15.0. The topological polar surface area (TPSA) is 98.0 Å². The Balaban J connectivity index is 1.15. The van der Waals surface area contributed by atoms with Crippen LogP contribution in [0, 0.1) is 0 Å². The van der Waals surface area contributed by atoms with Crippen LogP contribution in [-0.4, -0.2) is 80.1 Å². The van der Waals surface area contributed by atoms with Crippen LogP contribution in [0.4, 0.5) is 17.6 Å². The number of carbonyl (C=O) groups excluding carboxylic acids is 2. The number of nitrogens with one attached hydrogen (secondary N) is 2. The van der Waals surface area contributed by atoms with Gasteiger partial charge in [-0.2, -0.15) is 0 Å². The number of halogens is 4. The molecule has 1 aliphatic heterocycles. The highest BCUT2D eigenvalue weighted by Crippen LogP contribution is 2.31. The fraction of sp³-hybridized carbons (Fsp3) is 0.459. The minimum absolute atomic E-state index is 0.00681.